The van der Waals surface area contributed by atoms with Crippen molar-refractivity contribution in [1.29, 1.82) is 0 Å². The van der Waals surface area contributed by atoms with E-state index in [9.17, 15) is 9.59 Å². The number of unbranched alkanes of at least 4 members (excludes halogenated alkanes) is 3. The Morgan fingerprint density at radius 2 is 2.00 bits per heavy atom. The first kappa shape index (κ1) is 16.8. The van der Waals surface area contributed by atoms with E-state index < -0.39 is 22.1 Å². The van der Waals surface area contributed by atoms with E-state index in [1.54, 1.807) is 0 Å². The number of amides is 1. The number of alkyl halides is 3. The van der Waals surface area contributed by atoms with Gasteiger partial charge in [0.15, 0.2) is 0 Å². The molecular formula is C12H16BrCl2NO3. The number of aliphatic carboxylic acids is 1. The van der Waals surface area contributed by atoms with Crippen molar-refractivity contribution < 1.29 is 14.7 Å². The number of carboxylic acids is 1. The maximum atomic E-state index is 11.7. The summed E-state index contributed by atoms with van der Waals surface area (Å²) in [5, 5.41) is 12.3. The molecule has 0 bridgehead atoms. The van der Waals surface area contributed by atoms with Gasteiger partial charge >= 0.3 is 5.97 Å². The fourth-order valence-electron chi connectivity index (χ4n) is 1.57. The van der Waals surface area contributed by atoms with Crippen molar-refractivity contribution in [1.82, 2.24) is 5.32 Å². The molecule has 0 aromatic carbocycles. The van der Waals surface area contributed by atoms with E-state index in [-0.39, 0.29) is 5.70 Å². The topological polar surface area (TPSA) is 66.4 Å². The van der Waals surface area contributed by atoms with E-state index in [4.69, 9.17) is 28.3 Å². The summed E-state index contributed by atoms with van der Waals surface area (Å²) in [4.78, 5) is 22.7. The lowest BCUT2D eigenvalue weighted by molar-refractivity contribution is -0.134. The molecule has 108 valence electrons. The van der Waals surface area contributed by atoms with Crippen LogP contribution in [0.2, 0.25) is 0 Å². The molecule has 7 heteroatoms. The number of hydrogen-bond donors (Lipinski definition) is 2. The highest BCUT2D eigenvalue weighted by atomic mass is 79.9. The van der Waals surface area contributed by atoms with Crippen molar-refractivity contribution in [2.45, 2.75) is 36.4 Å². The predicted molar refractivity (Wildman–Crippen MR) is 78.7 cm³/mol. The minimum atomic E-state index is -1.15. The second-order valence-corrected chi connectivity index (χ2v) is 6.80. The van der Waals surface area contributed by atoms with Crippen LogP contribution in [-0.2, 0) is 9.59 Å². The van der Waals surface area contributed by atoms with Crippen LogP contribution in [0.3, 0.4) is 0 Å². The fraction of sp³-hybridized carbons (Fsp3) is 0.667. The average Bonchev–Trinajstić information content (AvgIpc) is 2.96. The van der Waals surface area contributed by atoms with E-state index in [1.165, 1.54) is 6.08 Å². The molecule has 0 heterocycles. The van der Waals surface area contributed by atoms with Gasteiger partial charge in [0.25, 0.3) is 0 Å². The molecule has 0 aliphatic heterocycles. The first-order valence-corrected chi connectivity index (χ1v) is 7.94. The molecule has 1 aliphatic rings. The van der Waals surface area contributed by atoms with E-state index >= 15 is 0 Å². The SMILES string of the molecule is O=C(O)/C(=C/CCCCCBr)NC(=O)C1CC1(Cl)Cl. The molecule has 1 fully saturated rings. The third-order valence-electron chi connectivity index (χ3n) is 2.82. The number of nitrogens with one attached hydrogen (secondary N) is 1. The molecule has 0 saturated heterocycles. The van der Waals surface area contributed by atoms with Crippen LogP contribution in [0.5, 0.6) is 0 Å². The minimum Gasteiger partial charge on any atom is -0.477 e. The van der Waals surface area contributed by atoms with Crippen LogP contribution in [0.15, 0.2) is 11.8 Å². The Morgan fingerprint density at radius 3 is 2.47 bits per heavy atom. The predicted octanol–water partition coefficient (Wildman–Crippen LogP) is 3.22. The molecule has 1 rings (SSSR count). The van der Waals surface area contributed by atoms with Crippen LogP contribution in [0, 0.1) is 5.92 Å². The Balaban J connectivity index is 2.42. The van der Waals surface area contributed by atoms with Crippen molar-refractivity contribution in [3.05, 3.63) is 11.8 Å². The monoisotopic (exact) mass is 371 g/mol. The molecular weight excluding hydrogens is 357 g/mol. The first-order chi connectivity index (χ1) is 8.88. The molecule has 1 aliphatic carbocycles. The number of carbonyl (C=O) groups is 2. The maximum Gasteiger partial charge on any atom is 0.352 e. The van der Waals surface area contributed by atoms with E-state index in [1.807, 2.05) is 0 Å². The molecule has 1 atom stereocenters. The minimum absolute atomic E-state index is 0.0973. The van der Waals surface area contributed by atoms with E-state index in [0.29, 0.717) is 12.8 Å². The summed E-state index contributed by atoms with van der Waals surface area (Å²) in [6, 6.07) is 0. The zero-order valence-electron chi connectivity index (χ0n) is 10.3. The van der Waals surface area contributed by atoms with Gasteiger partial charge in [0.1, 0.15) is 10.0 Å². The summed E-state index contributed by atoms with van der Waals surface area (Å²) in [6.45, 7) is 0. The molecule has 1 amide bonds. The molecule has 2 N–H and O–H groups in total. The highest BCUT2D eigenvalue weighted by molar-refractivity contribution is 9.09. The standard InChI is InChI=1S/C12H16BrCl2NO3/c13-6-4-2-1-3-5-9(11(18)19)16-10(17)8-7-12(8,14)15/h5,8H,1-4,6-7H2,(H,16,17)(H,18,19)/b9-5-. The van der Waals surface area contributed by atoms with Gasteiger partial charge in [-0.25, -0.2) is 4.79 Å². The van der Waals surface area contributed by atoms with Crippen LogP contribution in [0.25, 0.3) is 0 Å². The normalized spacial score (nSPS) is 21.0. The number of carbonyl (C=O) groups excluding carboxylic acids is 1. The number of halogens is 3. The third kappa shape index (κ3) is 5.71. The quantitative estimate of drug-likeness (QED) is 0.390. The van der Waals surface area contributed by atoms with Crippen molar-refractivity contribution in [3.8, 4) is 0 Å². The summed E-state index contributed by atoms with van der Waals surface area (Å²) in [5.74, 6) is -2.10. The zero-order valence-corrected chi connectivity index (χ0v) is 13.4. The van der Waals surface area contributed by atoms with Crippen LogP contribution in [-0.4, -0.2) is 26.6 Å². The number of carboxylic acid groups (broad SMARTS) is 1. The Bertz CT molecular complexity index is 385. The van der Waals surface area contributed by atoms with Gasteiger partial charge in [-0.15, -0.1) is 23.2 Å². The second-order valence-electron chi connectivity index (χ2n) is 4.47. The molecule has 0 radical (unpaired) electrons. The number of allylic oxidation sites excluding steroid dienone is 1. The van der Waals surface area contributed by atoms with E-state index in [2.05, 4.69) is 21.2 Å². The lowest BCUT2D eigenvalue weighted by Crippen LogP contribution is -2.30. The van der Waals surface area contributed by atoms with Gasteiger partial charge in [-0.2, -0.15) is 0 Å². The van der Waals surface area contributed by atoms with Gasteiger partial charge in [0.2, 0.25) is 5.91 Å². The van der Waals surface area contributed by atoms with Crippen molar-refractivity contribution in [3.63, 3.8) is 0 Å². The fourth-order valence-corrected chi connectivity index (χ4v) is 2.47. The summed E-state index contributed by atoms with van der Waals surface area (Å²) in [7, 11) is 0. The molecule has 1 unspecified atom stereocenters. The van der Waals surface area contributed by atoms with Crippen molar-refractivity contribution in [2.24, 2.45) is 5.92 Å². The molecule has 4 nitrogen and oxygen atoms in total. The van der Waals surface area contributed by atoms with Gasteiger partial charge in [-0.1, -0.05) is 28.4 Å². The zero-order chi connectivity index (χ0) is 14.5. The second kappa shape index (κ2) is 7.50. The van der Waals surface area contributed by atoms with Gasteiger partial charge in [-0.3, -0.25) is 4.79 Å². The Morgan fingerprint density at radius 1 is 1.37 bits per heavy atom. The molecule has 1 saturated carbocycles. The van der Waals surface area contributed by atoms with Gasteiger partial charge in [0.05, 0.1) is 5.92 Å². The number of hydrogen-bond acceptors (Lipinski definition) is 2. The van der Waals surface area contributed by atoms with Crippen molar-refractivity contribution in [2.75, 3.05) is 5.33 Å². The third-order valence-corrected chi connectivity index (χ3v) is 4.21. The smallest absolute Gasteiger partial charge is 0.352 e. The average molecular weight is 373 g/mol. The Labute approximate surface area is 130 Å². The van der Waals surface area contributed by atoms with Crippen molar-refractivity contribution >= 4 is 51.0 Å². The molecule has 0 aromatic rings. The largest absolute Gasteiger partial charge is 0.477 e. The molecule has 0 aromatic heterocycles. The lowest BCUT2D eigenvalue weighted by atomic mass is 10.2. The van der Waals surface area contributed by atoms with Crippen LogP contribution in [0.1, 0.15) is 32.1 Å². The highest BCUT2D eigenvalue weighted by Crippen LogP contribution is 2.53. The summed E-state index contributed by atoms with van der Waals surface area (Å²) < 4.78 is -1.04. The maximum absolute atomic E-state index is 11.7. The van der Waals surface area contributed by atoms with Crippen LogP contribution in [0.4, 0.5) is 0 Å². The van der Waals surface area contributed by atoms with Crippen LogP contribution < -0.4 is 5.32 Å². The molecule has 0 spiro atoms. The Kier molecular flexibility index (Phi) is 6.63. The number of rotatable bonds is 8. The first-order valence-electron chi connectivity index (χ1n) is 6.06. The highest BCUT2D eigenvalue weighted by Gasteiger charge is 2.56. The van der Waals surface area contributed by atoms with E-state index in [0.717, 1.165) is 24.6 Å². The summed E-state index contributed by atoms with van der Waals surface area (Å²) in [5.41, 5.74) is -0.0973. The summed E-state index contributed by atoms with van der Waals surface area (Å²) >= 11 is 14.8. The Hall–Kier alpha value is -0.260. The lowest BCUT2D eigenvalue weighted by Gasteiger charge is -2.06. The summed E-state index contributed by atoms with van der Waals surface area (Å²) in [6.07, 6.45) is 5.45. The van der Waals surface area contributed by atoms with Gasteiger partial charge in [-0.05, 0) is 25.7 Å². The van der Waals surface area contributed by atoms with Gasteiger partial charge in [0, 0.05) is 5.33 Å². The molecule has 19 heavy (non-hydrogen) atoms. The van der Waals surface area contributed by atoms with Gasteiger partial charge < -0.3 is 10.4 Å². The van der Waals surface area contributed by atoms with Crippen LogP contribution >= 0.6 is 39.1 Å².